The maximum absolute atomic E-state index is 12.0. The lowest BCUT2D eigenvalue weighted by Gasteiger charge is -2.12. The van der Waals surface area contributed by atoms with E-state index < -0.39 is 19.5 Å². The fourth-order valence-electron chi connectivity index (χ4n) is 1.24. The van der Waals surface area contributed by atoms with Crippen molar-refractivity contribution in [3.63, 3.8) is 0 Å². The predicted octanol–water partition coefficient (Wildman–Crippen LogP) is 1.03. The lowest BCUT2D eigenvalue weighted by atomic mass is 10.4. The maximum Gasteiger partial charge on any atom is 0.242 e. The van der Waals surface area contributed by atoms with Crippen LogP contribution in [0.15, 0.2) is 34.1 Å². The van der Waals surface area contributed by atoms with Crippen LogP contribution in [0.2, 0.25) is 0 Å². The summed E-state index contributed by atoms with van der Waals surface area (Å²) in [5.74, 6) is 4.09. The van der Waals surface area contributed by atoms with E-state index in [1.807, 2.05) is 0 Å². The van der Waals surface area contributed by atoms with Gasteiger partial charge in [0.2, 0.25) is 10.0 Å². The van der Waals surface area contributed by atoms with Gasteiger partial charge in [-0.2, -0.15) is 0 Å². The highest BCUT2D eigenvalue weighted by atomic mass is 32.2. The zero-order valence-corrected chi connectivity index (χ0v) is 11.8. The predicted molar refractivity (Wildman–Crippen MR) is 71.4 cm³/mol. The second kappa shape index (κ2) is 4.80. The van der Waals surface area contributed by atoms with Crippen LogP contribution in [-0.2, 0) is 19.5 Å². The molecule has 0 aliphatic rings. The minimum atomic E-state index is -3.43. The highest BCUT2D eigenvalue weighted by Gasteiger charge is 2.17. The first-order chi connectivity index (χ1) is 7.71. The van der Waals surface area contributed by atoms with E-state index in [4.69, 9.17) is 0 Å². The van der Waals surface area contributed by atoms with Crippen molar-refractivity contribution >= 4 is 25.4 Å². The lowest BCUT2D eigenvalue weighted by molar-refractivity contribution is 0.520. The van der Waals surface area contributed by atoms with Crippen LogP contribution < -0.4 is 0 Å². The first kappa shape index (κ1) is 14.2. The first-order valence-corrected chi connectivity index (χ1v) is 8.43. The van der Waals surface area contributed by atoms with Crippen molar-refractivity contribution in [2.24, 2.45) is 0 Å². The van der Waals surface area contributed by atoms with Gasteiger partial charge in [-0.05, 0) is 39.7 Å². The van der Waals surface area contributed by atoms with Crippen LogP contribution in [0.3, 0.4) is 0 Å². The Labute approximate surface area is 103 Å². The fourth-order valence-corrected chi connectivity index (χ4v) is 3.10. The average Bonchev–Trinajstić information content (AvgIpc) is 2.29. The van der Waals surface area contributed by atoms with Crippen LogP contribution in [0.4, 0.5) is 0 Å². The Balaban J connectivity index is 3.23. The second-order valence-corrected chi connectivity index (χ2v) is 8.68. The molecule has 1 rings (SSSR count). The molecule has 1 aromatic rings. The molecule has 6 heteroatoms. The molecule has 0 heterocycles. The molecule has 0 aliphatic carbocycles. The van der Waals surface area contributed by atoms with E-state index >= 15 is 0 Å². The van der Waals surface area contributed by atoms with Crippen molar-refractivity contribution in [2.45, 2.75) is 16.7 Å². The Morgan fingerprint density at radius 2 is 1.47 bits per heavy atom. The Hall–Kier alpha value is -0.850. The molecule has 1 atom stereocenters. The molecule has 0 fully saturated rings. The molecule has 4 nitrogen and oxygen atoms in total. The third-order valence-corrected chi connectivity index (χ3v) is 6.39. The van der Waals surface area contributed by atoms with Gasteiger partial charge in [0.05, 0.1) is 4.90 Å². The zero-order valence-electron chi connectivity index (χ0n) is 10.2. The summed E-state index contributed by atoms with van der Waals surface area (Å²) in [6.07, 6.45) is 0. The van der Waals surface area contributed by atoms with Crippen molar-refractivity contribution in [2.75, 3.05) is 19.8 Å². The van der Waals surface area contributed by atoms with E-state index in [2.05, 4.69) is 5.87 Å². The van der Waals surface area contributed by atoms with Crippen LogP contribution in [0, 0.1) is 0 Å². The van der Waals surface area contributed by atoms with Crippen molar-refractivity contribution in [3.8, 4) is 0 Å². The molecule has 96 valence electrons. The van der Waals surface area contributed by atoms with Gasteiger partial charge in [-0.3, -0.25) is 4.21 Å². The summed E-state index contributed by atoms with van der Waals surface area (Å²) in [7, 11) is -2.77. The molecule has 0 bridgehead atoms. The largest absolute Gasteiger partial charge is 0.263 e. The highest BCUT2D eigenvalue weighted by Crippen LogP contribution is 2.17. The summed E-state index contributed by atoms with van der Waals surface area (Å²) in [5.41, 5.74) is 0. The van der Waals surface area contributed by atoms with Crippen molar-refractivity contribution < 1.29 is 12.6 Å². The molecule has 0 N–H and O–H groups in total. The molecular formula is C11H17NO3S2. The Kier molecular flexibility index (Phi) is 4.01. The Morgan fingerprint density at radius 3 is 1.82 bits per heavy atom. The third-order valence-electron chi connectivity index (χ3n) is 2.50. The number of hydrogen-bond acceptors (Lipinski definition) is 3. The minimum absolute atomic E-state index is 0.192. The average molecular weight is 275 g/mol. The summed E-state index contributed by atoms with van der Waals surface area (Å²) in [4.78, 5) is 0.773. The highest BCUT2D eigenvalue weighted by molar-refractivity contribution is 8.00. The van der Waals surface area contributed by atoms with Crippen molar-refractivity contribution in [1.82, 2.24) is 4.31 Å². The first-order valence-electron chi connectivity index (χ1n) is 5.09. The van der Waals surface area contributed by atoms with Crippen LogP contribution in [0.1, 0.15) is 6.92 Å². The van der Waals surface area contributed by atoms with E-state index in [0.29, 0.717) is 10.6 Å². The van der Waals surface area contributed by atoms with Crippen LogP contribution in [0.25, 0.3) is 0 Å². The topological polar surface area (TPSA) is 54.5 Å². The summed E-state index contributed by atoms with van der Waals surface area (Å²) >= 11 is 0. The van der Waals surface area contributed by atoms with Crippen molar-refractivity contribution in [3.05, 3.63) is 24.3 Å². The molecule has 0 saturated heterocycles. The molecule has 0 saturated carbocycles. The molecule has 0 radical (unpaired) electrons. The summed E-state index contributed by atoms with van der Waals surface area (Å²) in [6.45, 7) is 1.79. The fraction of sp³-hybridized carbons (Fsp3) is 0.364. The normalized spacial score (nSPS) is 15.8. The van der Waals surface area contributed by atoms with E-state index in [1.54, 1.807) is 19.1 Å². The third kappa shape index (κ3) is 2.88. The molecule has 1 aromatic carbocycles. The van der Waals surface area contributed by atoms with Gasteiger partial charge in [-0.25, -0.2) is 12.7 Å². The number of hydrogen-bond donors (Lipinski definition) is 0. The molecule has 0 aliphatic heterocycles. The number of nitrogens with zero attached hydrogens (tertiary/aromatic N) is 1. The molecule has 0 spiro atoms. The quantitative estimate of drug-likeness (QED) is 0.771. The van der Waals surface area contributed by atoms with Gasteiger partial charge >= 0.3 is 0 Å². The SMILES string of the molecule is C=S(=O)(CC)c1ccc(S(=O)(=O)N(C)C)cc1. The molecular weight excluding hydrogens is 258 g/mol. The summed E-state index contributed by atoms with van der Waals surface area (Å²) < 4.78 is 36.7. The second-order valence-electron chi connectivity index (χ2n) is 3.86. The maximum atomic E-state index is 12.0. The monoisotopic (exact) mass is 275 g/mol. The van der Waals surface area contributed by atoms with Crippen molar-refractivity contribution in [1.29, 1.82) is 0 Å². The van der Waals surface area contributed by atoms with E-state index in [1.165, 1.54) is 26.2 Å². The number of benzene rings is 1. The lowest BCUT2D eigenvalue weighted by Crippen LogP contribution is -2.22. The summed E-state index contributed by atoms with van der Waals surface area (Å²) in [6, 6.07) is 6.06. The smallest absolute Gasteiger partial charge is 0.242 e. The molecule has 0 aromatic heterocycles. The molecule has 0 amide bonds. The van der Waals surface area contributed by atoms with Gasteiger partial charge in [-0.15, -0.1) is 0 Å². The number of rotatable bonds is 4. The molecule has 1 unspecified atom stereocenters. The Morgan fingerprint density at radius 1 is 1.06 bits per heavy atom. The van der Waals surface area contributed by atoms with Gasteiger partial charge in [0.15, 0.2) is 0 Å². The van der Waals surface area contributed by atoms with Gasteiger partial charge in [0.1, 0.15) is 0 Å². The van der Waals surface area contributed by atoms with Gasteiger partial charge < -0.3 is 0 Å². The zero-order chi connectivity index (χ0) is 13.3. The Bertz CT molecular complexity index is 584. The van der Waals surface area contributed by atoms with Gasteiger partial charge in [0.25, 0.3) is 0 Å². The van der Waals surface area contributed by atoms with Crippen LogP contribution in [0.5, 0.6) is 0 Å². The van der Waals surface area contributed by atoms with Gasteiger partial charge in [-0.1, -0.05) is 6.92 Å². The molecule has 17 heavy (non-hydrogen) atoms. The van der Waals surface area contributed by atoms with E-state index in [9.17, 15) is 12.6 Å². The van der Waals surface area contributed by atoms with Crippen LogP contribution >= 0.6 is 0 Å². The summed E-state index contributed by atoms with van der Waals surface area (Å²) in [5, 5.41) is 0. The standard InChI is InChI=1S/C11H17NO3S2/c1-5-16(4,13)10-6-8-11(9-7-10)17(14,15)12(2)3/h6-9H,4-5H2,1-3H3. The van der Waals surface area contributed by atoms with Crippen LogP contribution in [-0.4, -0.2) is 42.7 Å². The number of sulfonamides is 1. The van der Waals surface area contributed by atoms with E-state index in [-0.39, 0.29) is 4.90 Å². The van der Waals surface area contributed by atoms with Gasteiger partial charge in [0, 0.05) is 24.7 Å². The minimum Gasteiger partial charge on any atom is -0.263 e. The van der Waals surface area contributed by atoms with E-state index in [0.717, 1.165) is 4.31 Å².